The lowest BCUT2D eigenvalue weighted by Crippen LogP contribution is -2.41. The van der Waals surface area contributed by atoms with E-state index in [4.69, 9.17) is 11.6 Å². The van der Waals surface area contributed by atoms with Gasteiger partial charge in [-0.25, -0.2) is 22.5 Å². The number of hydrogen-bond acceptors (Lipinski definition) is 5. The molecule has 0 aromatic carbocycles. The van der Waals surface area contributed by atoms with Gasteiger partial charge in [-0.05, 0) is 42.6 Å². The van der Waals surface area contributed by atoms with E-state index in [-0.39, 0.29) is 22.9 Å². The predicted octanol–water partition coefficient (Wildman–Crippen LogP) is 3.12. The highest BCUT2D eigenvalue weighted by Gasteiger charge is 2.56. The van der Waals surface area contributed by atoms with Crippen molar-refractivity contribution in [2.24, 2.45) is 10.8 Å². The SMILES string of the molecule is CC1(C)Cc2c(-c3cc(NC(=O)N[C@H]4CC45CCN(S(C)(=O)=O)CC5)ncc3Cl)cnn2C1. The van der Waals surface area contributed by atoms with Gasteiger partial charge in [-0.1, -0.05) is 25.4 Å². The summed E-state index contributed by atoms with van der Waals surface area (Å²) in [7, 11) is -3.16. The summed E-state index contributed by atoms with van der Waals surface area (Å²) in [6.45, 7) is 6.31. The quantitative estimate of drug-likeness (QED) is 0.681. The Balaban J connectivity index is 1.23. The molecule has 3 aliphatic rings. The van der Waals surface area contributed by atoms with Gasteiger partial charge in [0.05, 0.1) is 17.5 Å². The number of fused-ring (bicyclic) bond motifs is 1. The van der Waals surface area contributed by atoms with Crippen LogP contribution in [0.2, 0.25) is 5.02 Å². The molecule has 9 nitrogen and oxygen atoms in total. The fraction of sp³-hybridized carbons (Fsp3) is 0.591. The molecule has 2 amide bonds. The van der Waals surface area contributed by atoms with Gasteiger partial charge >= 0.3 is 6.03 Å². The summed E-state index contributed by atoms with van der Waals surface area (Å²) < 4.78 is 27.0. The van der Waals surface area contributed by atoms with E-state index in [1.807, 2.05) is 10.9 Å². The number of urea groups is 1. The highest BCUT2D eigenvalue weighted by Crippen LogP contribution is 2.54. The van der Waals surface area contributed by atoms with Gasteiger partial charge in [-0.3, -0.25) is 10.00 Å². The first kappa shape index (κ1) is 22.6. The summed E-state index contributed by atoms with van der Waals surface area (Å²) in [6, 6.07) is 1.52. The maximum atomic E-state index is 12.6. The van der Waals surface area contributed by atoms with Crippen LogP contribution in [0.3, 0.4) is 0 Å². The highest BCUT2D eigenvalue weighted by atomic mass is 35.5. The molecule has 5 rings (SSSR count). The lowest BCUT2D eigenvalue weighted by Gasteiger charge is -2.31. The second-order valence-corrected chi connectivity index (χ2v) is 12.8. The van der Waals surface area contributed by atoms with Gasteiger partial charge in [-0.2, -0.15) is 5.10 Å². The van der Waals surface area contributed by atoms with Crippen molar-refractivity contribution < 1.29 is 13.2 Å². The molecule has 1 atom stereocenters. The van der Waals surface area contributed by atoms with Crippen LogP contribution in [0.25, 0.3) is 11.1 Å². The van der Waals surface area contributed by atoms with Crippen LogP contribution in [0.15, 0.2) is 18.5 Å². The smallest absolute Gasteiger partial charge is 0.320 e. The number of carbonyl (C=O) groups excluding carboxylic acids is 1. The minimum atomic E-state index is -3.16. The fourth-order valence-corrected chi connectivity index (χ4v) is 6.32. The Morgan fingerprint density at radius 3 is 2.64 bits per heavy atom. The van der Waals surface area contributed by atoms with E-state index in [0.717, 1.165) is 49.0 Å². The molecular formula is C22H29ClN6O3S. The first-order valence-corrected chi connectivity index (χ1v) is 13.4. The Hall–Kier alpha value is -2.17. The number of rotatable bonds is 4. The summed E-state index contributed by atoms with van der Waals surface area (Å²) in [5.74, 6) is 0.422. The summed E-state index contributed by atoms with van der Waals surface area (Å²) in [5, 5.41) is 10.9. The van der Waals surface area contributed by atoms with Gasteiger partial charge in [0.1, 0.15) is 5.82 Å². The van der Waals surface area contributed by atoms with E-state index in [1.165, 1.54) is 10.6 Å². The molecule has 0 unspecified atom stereocenters. The molecule has 11 heteroatoms. The van der Waals surface area contributed by atoms with Crippen LogP contribution in [-0.4, -0.2) is 58.9 Å². The maximum Gasteiger partial charge on any atom is 0.320 e. The Kier molecular flexibility index (Phi) is 5.26. The number of halogens is 1. The zero-order chi connectivity index (χ0) is 23.6. The molecular weight excluding hydrogens is 464 g/mol. The number of nitrogens with zero attached hydrogens (tertiary/aromatic N) is 4. The summed E-state index contributed by atoms with van der Waals surface area (Å²) in [5.41, 5.74) is 3.06. The molecule has 178 valence electrons. The van der Waals surface area contributed by atoms with Gasteiger partial charge in [-0.15, -0.1) is 0 Å². The average Bonchev–Trinajstić information content (AvgIpc) is 3.05. The van der Waals surface area contributed by atoms with Crippen LogP contribution < -0.4 is 10.6 Å². The van der Waals surface area contributed by atoms with Crippen LogP contribution in [0.1, 0.15) is 38.8 Å². The van der Waals surface area contributed by atoms with E-state index in [9.17, 15) is 13.2 Å². The monoisotopic (exact) mass is 492 g/mol. The molecule has 1 aliphatic carbocycles. The predicted molar refractivity (Wildman–Crippen MR) is 127 cm³/mol. The molecule has 1 spiro atoms. The summed E-state index contributed by atoms with van der Waals surface area (Å²) in [6.07, 6.45) is 7.92. The molecule has 2 aromatic rings. The first-order valence-electron chi connectivity index (χ1n) is 11.2. The summed E-state index contributed by atoms with van der Waals surface area (Å²) >= 11 is 6.46. The van der Waals surface area contributed by atoms with Crippen molar-refractivity contribution in [1.82, 2.24) is 24.4 Å². The van der Waals surface area contributed by atoms with Gasteiger partial charge in [0, 0.05) is 48.7 Å². The van der Waals surface area contributed by atoms with Gasteiger partial charge in [0.25, 0.3) is 0 Å². The van der Waals surface area contributed by atoms with Crippen molar-refractivity contribution in [3.05, 3.63) is 29.2 Å². The number of pyridine rings is 1. The van der Waals surface area contributed by atoms with E-state index in [0.29, 0.717) is 23.9 Å². The maximum absolute atomic E-state index is 12.6. The Morgan fingerprint density at radius 1 is 1.21 bits per heavy atom. The number of hydrogen-bond donors (Lipinski definition) is 2. The van der Waals surface area contributed by atoms with Crippen molar-refractivity contribution in [1.29, 1.82) is 0 Å². The van der Waals surface area contributed by atoms with Crippen LogP contribution >= 0.6 is 11.6 Å². The second kappa shape index (κ2) is 7.68. The van der Waals surface area contributed by atoms with Crippen molar-refractivity contribution in [3.8, 4) is 11.1 Å². The van der Waals surface area contributed by atoms with E-state index in [2.05, 4.69) is 34.6 Å². The van der Waals surface area contributed by atoms with Crippen LogP contribution in [0, 0.1) is 10.8 Å². The Bertz CT molecular complexity index is 1220. The summed E-state index contributed by atoms with van der Waals surface area (Å²) in [4.78, 5) is 16.9. The Labute approximate surface area is 198 Å². The third-order valence-corrected chi connectivity index (χ3v) is 8.85. The number of carbonyl (C=O) groups is 1. The van der Waals surface area contributed by atoms with E-state index >= 15 is 0 Å². The normalized spacial score (nSPS) is 23.3. The first-order chi connectivity index (χ1) is 15.5. The number of piperidine rings is 1. The molecule has 2 aromatic heterocycles. The third kappa shape index (κ3) is 4.36. The van der Waals surface area contributed by atoms with E-state index < -0.39 is 10.0 Å². The van der Waals surface area contributed by atoms with Crippen LogP contribution in [0.5, 0.6) is 0 Å². The lowest BCUT2D eigenvalue weighted by molar-refractivity contribution is 0.234. The average molecular weight is 493 g/mol. The van der Waals surface area contributed by atoms with Gasteiger partial charge < -0.3 is 5.32 Å². The minimum absolute atomic E-state index is 0.00263. The van der Waals surface area contributed by atoms with Crippen molar-refractivity contribution in [2.75, 3.05) is 24.7 Å². The third-order valence-electron chi connectivity index (χ3n) is 7.24. The molecule has 1 saturated carbocycles. The van der Waals surface area contributed by atoms with Crippen LogP contribution in [0.4, 0.5) is 10.6 Å². The minimum Gasteiger partial charge on any atom is -0.335 e. The standard InChI is InChI=1S/C22H29ClN6O3S/c1-21(2)9-17-15(11-25-29(17)13-21)14-8-19(24-12-16(14)23)27-20(30)26-18-10-22(18)4-6-28(7-5-22)33(3,31)32/h8,11-12,18H,4-7,9-10,13H2,1-3H3,(H2,24,26,27,30)/t18-/m0/s1. The molecule has 2 fully saturated rings. The number of anilines is 1. The van der Waals surface area contributed by atoms with Crippen LogP contribution in [-0.2, 0) is 23.0 Å². The fourth-order valence-electron chi connectivity index (χ4n) is 5.26. The molecule has 0 bridgehead atoms. The zero-order valence-electron chi connectivity index (χ0n) is 19.1. The number of amides is 2. The molecule has 2 N–H and O–H groups in total. The molecule has 0 radical (unpaired) electrons. The molecule has 4 heterocycles. The van der Waals surface area contributed by atoms with Gasteiger partial charge in [0.2, 0.25) is 10.0 Å². The number of aromatic nitrogens is 3. The molecule has 1 saturated heterocycles. The van der Waals surface area contributed by atoms with E-state index in [1.54, 1.807) is 12.3 Å². The number of nitrogens with one attached hydrogen (secondary N) is 2. The molecule has 33 heavy (non-hydrogen) atoms. The lowest BCUT2D eigenvalue weighted by atomic mass is 9.89. The second-order valence-electron chi connectivity index (χ2n) is 10.4. The Morgan fingerprint density at radius 2 is 1.94 bits per heavy atom. The topological polar surface area (TPSA) is 109 Å². The molecule has 2 aliphatic heterocycles. The van der Waals surface area contributed by atoms with Crippen molar-refractivity contribution in [2.45, 2.75) is 52.1 Å². The van der Waals surface area contributed by atoms with Crippen molar-refractivity contribution >= 4 is 33.5 Å². The highest BCUT2D eigenvalue weighted by molar-refractivity contribution is 7.88. The van der Waals surface area contributed by atoms with Crippen molar-refractivity contribution in [3.63, 3.8) is 0 Å². The van der Waals surface area contributed by atoms with Gasteiger partial charge in [0.15, 0.2) is 0 Å². The number of sulfonamides is 1. The largest absolute Gasteiger partial charge is 0.335 e. The zero-order valence-corrected chi connectivity index (χ0v) is 20.6.